The summed E-state index contributed by atoms with van der Waals surface area (Å²) < 4.78 is 7.73. The van der Waals surface area contributed by atoms with Crippen molar-refractivity contribution in [2.45, 2.75) is 12.6 Å². The number of halogens is 3. The number of hydrogen-bond acceptors (Lipinski definition) is 4. The molecule has 1 heterocycles. The van der Waals surface area contributed by atoms with Crippen molar-refractivity contribution in [2.24, 2.45) is 5.84 Å². The van der Waals surface area contributed by atoms with Crippen molar-refractivity contribution in [1.82, 2.24) is 15.2 Å². The summed E-state index contributed by atoms with van der Waals surface area (Å²) in [5, 5.41) is 5.41. The molecule has 2 rings (SSSR count). The number of ether oxygens (including phenoxy) is 1. The maximum atomic E-state index is 6.27. The highest BCUT2D eigenvalue weighted by Crippen LogP contribution is 2.33. The molecule has 0 fully saturated rings. The van der Waals surface area contributed by atoms with Gasteiger partial charge in [0.25, 0.3) is 0 Å². The molecule has 0 aliphatic carbocycles. The molecule has 3 N–H and O–H groups in total. The lowest BCUT2D eigenvalue weighted by atomic mass is 10.0. The van der Waals surface area contributed by atoms with Crippen molar-refractivity contribution >= 4 is 39.1 Å². The molecule has 1 atom stereocenters. The molecule has 8 heteroatoms. The summed E-state index contributed by atoms with van der Waals surface area (Å²) in [6, 6.07) is 5.16. The van der Waals surface area contributed by atoms with Gasteiger partial charge in [-0.15, -0.1) is 0 Å². The zero-order valence-corrected chi connectivity index (χ0v) is 14.4. The number of hydrogen-bond donors (Lipinski definition) is 2. The second-order valence-electron chi connectivity index (χ2n) is 4.36. The quantitative estimate of drug-likeness (QED) is 0.584. The van der Waals surface area contributed by atoms with Gasteiger partial charge in [-0.2, -0.15) is 5.10 Å². The highest BCUT2D eigenvalue weighted by molar-refractivity contribution is 9.10. The maximum Gasteiger partial charge on any atom is 0.0904 e. The van der Waals surface area contributed by atoms with Crippen LogP contribution in [0.2, 0.25) is 10.0 Å². The minimum atomic E-state index is -0.343. The summed E-state index contributed by atoms with van der Waals surface area (Å²) in [6.45, 7) is 1.11. The van der Waals surface area contributed by atoms with E-state index in [1.54, 1.807) is 24.1 Å². The predicted molar refractivity (Wildman–Crippen MR) is 87.4 cm³/mol. The Kier molecular flexibility index (Phi) is 6.04. The predicted octanol–water partition coefficient (Wildman–Crippen LogP) is 3.15. The van der Waals surface area contributed by atoms with Crippen LogP contribution in [0.1, 0.15) is 17.3 Å². The van der Waals surface area contributed by atoms with Gasteiger partial charge in [0, 0.05) is 16.6 Å². The summed E-state index contributed by atoms with van der Waals surface area (Å²) in [4.78, 5) is 0. The fourth-order valence-electron chi connectivity index (χ4n) is 2.07. The first-order chi connectivity index (χ1) is 10.1. The molecule has 0 aliphatic heterocycles. The lowest BCUT2D eigenvalue weighted by Gasteiger charge is -2.20. The van der Waals surface area contributed by atoms with E-state index in [9.17, 15) is 0 Å². The normalized spacial score (nSPS) is 12.6. The van der Waals surface area contributed by atoms with Crippen molar-refractivity contribution in [3.05, 3.63) is 50.2 Å². The number of benzene rings is 1. The third-order valence-corrected chi connectivity index (χ3v) is 4.30. The lowest BCUT2D eigenvalue weighted by Crippen LogP contribution is -2.31. The number of nitrogens with zero attached hydrogens (tertiary/aromatic N) is 2. The molecule has 0 radical (unpaired) electrons. The molecular weight excluding hydrogens is 379 g/mol. The number of methoxy groups -OCH3 is 1. The third kappa shape index (κ3) is 3.77. The first-order valence-corrected chi connectivity index (χ1v) is 7.74. The number of nitrogens with two attached hydrogens (primary N) is 1. The molecule has 1 unspecified atom stereocenters. The van der Waals surface area contributed by atoms with Crippen LogP contribution in [-0.4, -0.2) is 23.5 Å². The molecule has 21 heavy (non-hydrogen) atoms. The van der Waals surface area contributed by atoms with Gasteiger partial charge in [-0.3, -0.25) is 10.5 Å². The van der Waals surface area contributed by atoms with E-state index < -0.39 is 0 Å². The van der Waals surface area contributed by atoms with Crippen LogP contribution in [0.25, 0.3) is 0 Å². The van der Waals surface area contributed by atoms with Gasteiger partial charge in [0.1, 0.15) is 0 Å². The fourth-order valence-corrected chi connectivity index (χ4v) is 2.97. The van der Waals surface area contributed by atoms with Gasteiger partial charge in [-0.25, -0.2) is 5.43 Å². The molecule has 2 aromatic rings. The van der Waals surface area contributed by atoms with E-state index in [1.165, 1.54) is 0 Å². The Balaban J connectivity index is 2.46. The Morgan fingerprint density at radius 1 is 1.48 bits per heavy atom. The van der Waals surface area contributed by atoms with Crippen molar-refractivity contribution in [1.29, 1.82) is 0 Å². The monoisotopic (exact) mass is 392 g/mol. The number of hydrazine groups is 1. The Morgan fingerprint density at radius 2 is 2.24 bits per heavy atom. The van der Waals surface area contributed by atoms with Gasteiger partial charge >= 0.3 is 0 Å². The van der Waals surface area contributed by atoms with Crippen LogP contribution in [-0.2, 0) is 11.3 Å². The van der Waals surface area contributed by atoms with Crippen molar-refractivity contribution in [2.75, 3.05) is 13.7 Å². The fraction of sp³-hybridized carbons (Fsp3) is 0.308. The van der Waals surface area contributed by atoms with E-state index in [2.05, 4.69) is 26.5 Å². The molecule has 114 valence electrons. The van der Waals surface area contributed by atoms with Gasteiger partial charge in [0.15, 0.2) is 0 Å². The van der Waals surface area contributed by atoms with Crippen LogP contribution in [0.3, 0.4) is 0 Å². The Hall–Kier alpha value is -0.630. The first kappa shape index (κ1) is 16.7. The first-order valence-electron chi connectivity index (χ1n) is 6.19. The van der Waals surface area contributed by atoms with Crippen LogP contribution in [0, 0.1) is 0 Å². The SMILES string of the molecule is COCCn1ncc(Cl)c1C(NN)c1cc(Cl)ccc1Br. The van der Waals surface area contributed by atoms with E-state index in [0.717, 1.165) is 15.7 Å². The molecule has 1 aromatic carbocycles. The number of aromatic nitrogens is 2. The third-order valence-electron chi connectivity index (χ3n) is 3.05. The Morgan fingerprint density at radius 3 is 2.90 bits per heavy atom. The van der Waals surface area contributed by atoms with Crippen LogP contribution >= 0.6 is 39.1 Å². The summed E-state index contributed by atoms with van der Waals surface area (Å²) >= 11 is 15.9. The van der Waals surface area contributed by atoms with Gasteiger partial charge in [-0.1, -0.05) is 39.1 Å². The summed E-state index contributed by atoms with van der Waals surface area (Å²) in [6.07, 6.45) is 1.59. The summed E-state index contributed by atoms with van der Waals surface area (Å²) in [5.74, 6) is 5.74. The minimum absolute atomic E-state index is 0.343. The van der Waals surface area contributed by atoms with Crippen LogP contribution < -0.4 is 11.3 Å². The second kappa shape index (κ2) is 7.58. The van der Waals surface area contributed by atoms with Crippen LogP contribution in [0.4, 0.5) is 0 Å². The largest absolute Gasteiger partial charge is 0.383 e. The van der Waals surface area contributed by atoms with Gasteiger partial charge in [0.2, 0.25) is 0 Å². The topological polar surface area (TPSA) is 65.1 Å². The van der Waals surface area contributed by atoms with E-state index in [4.69, 9.17) is 33.8 Å². The zero-order valence-electron chi connectivity index (χ0n) is 11.3. The highest BCUT2D eigenvalue weighted by Gasteiger charge is 2.23. The molecule has 0 spiro atoms. The van der Waals surface area contributed by atoms with E-state index in [-0.39, 0.29) is 6.04 Å². The average Bonchev–Trinajstić information content (AvgIpc) is 2.83. The molecule has 0 bridgehead atoms. The standard InChI is InChI=1S/C13H15BrCl2N4O/c1-21-5-4-20-13(11(16)7-18-20)12(19-17)9-6-8(15)2-3-10(9)14/h2-3,6-7,12,19H,4-5,17H2,1H3. The molecular formula is C13H15BrCl2N4O. The highest BCUT2D eigenvalue weighted by atomic mass is 79.9. The van der Waals surface area contributed by atoms with E-state index in [0.29, 0.717) is 23.2 Å². The Bertz CT molecular complexity index is 620. The van der Waals surface area contributed by atoms with Crippen LogP contribution in [0.15, 0.2) is 28.9 Å². The van der Waals surface area contributed by atoms with E-state index >= 15 is 0 Å². The van der Waals surface area contributed by atoms with E-state index in [1.807, 2.05) is 12.1 Å². The van der Waals surface area contributed by atoms with Gasteiger partial charge in [-0.05, 0) is 23.8 Å². The van der Waals surface area contributed by atoms with Crippen LogP contribution in [0.5, 0.6) is 0 Å². The van der Waals surface area contributed by atoms with Gasteiger partial charge < -0.3 is 4.74 Å². The summed E-state index contributed by atoms with van der Waals surface area (Å²) in [5.41, 5.74) is 4.42. The Labute approximate surface area is 141 Å². The smallest absolute Gasteiger partial charge is 0.0904 e. The molecule has 0 saturated heterocycles. The van der Waals surface area contributed by atoms with Crippen molar-refractivity contribution in [3.63, 3.8) is 0 Å². The molecule has 0 saturated carbocycles. The minimum Gasteiger partial charge on any atom is -0.383 e. The molecule has 0 amide bonds. The average molecular weight is 394 g/mol. The summed E-state index contributed by atoms with van der Waals surface area (Å²) in [7, 11) is 1.64. The van der Waals surface area contributed by atoms with Crippen molar-refractivity contribution in [3.8, 4) is 0 Å². The number of rotatable bonds is 6. The molecule has 0 aliphatic rings. The maximum absolute atomic E-state index is 6.27. The molecule has 1 aromatic heterocycles. The second-order valence-corrected chi connectivity index (χ2v) is 6.06. The number of nitrogens with one attached hydrogen (secondary N) is 1. The zero-order chi connectivity index (χ0) is 15.4. The van der Waals surface area contributed by atoms with Gasteiger partial charge in [0.05, 0.1) is 36.1 Å². The lowest BCUT2D eigenvalue weighted by molar-refractivity contribution is 0.182. The molecule has 5 nitrogen and oxygen atoms in total. The van der Waals surface area contributed by atoms with Crippen molar-refractivity contribution < 1.29 is 4.74 Å².